The molecule has 1 amide bonds. The summed E-state index contributed by atoms with van der Waals surface area (Å²) >= 11 is 0. The predicted molar refractivity (Wildman–Crippen MR) is 76.9 cm³/mol. The van der Waals surface area contributed by atoms with Crippen molar-refractivity contribution in [2.75, 3.05) is 18.4 Å². The maximum atomic E-state index is 12.2. The van der Waals surface area contributed by atoms with Gasteiger partial charge in [-0.15, -0.1) is 0 Å². The highest BCUT2D eigenvalue weighted by Gasteiger charge is 2.18. The molecule has 3 heteroatoms. The first-order valence-electron chi connectivity index (χ1n) is 6.62. The summed E-state index contributed by atoms with van der Waals surface area (Å²) in [4.78, 5) is 14.0. The zero-order valence-corrected chi connectivity index (χ0v) is 12.1. The molecule has 0 aliphatic heterocycles. The minimum Gasteiger partial charge on any atom is -0.374 e. The van der Waals surface area contributed by atoms with E-state index >= 15 is 0 Å². The van der Waals surface area contributed by atoms with E-state index in [1.165, 1.54) is 11.1 Å². The third-order valence-electron chi connectivity index (χ3n) is 3.21. The van der Waals surface area contributed by atoms with Gasteiger partial charge in [0.2, 0.25) is 5.91 Å². The number of carbonyl (C=O) groups excluding carboxylic acids is 1. The normalized spacial score (nSPS) is 12.1. The molecule has 18 heavy (non-hydrogen) atoms. The fraction of sp³-hybridized carbons (Fsp3) is 0.533. The third-order valence-corrected chi connectivity index (χ3v) is 3.21. The van der Waals surface area contributed by atoms with Crippen molar-refractivity contribution in [1.82, 2.24) is 4.90 Å². The van der Waals surface area contributed by atoms with E-state index in [2.05, 4.69) is 37.4 Å². The molecule has 0 saturated heterocycles. The number of likely N-dealkylation sites (N-methyl/N-ethyl adjacent to an activating group) is 1. The lowest BCUT2D eigenvalue weighted by molar-refractivity contribution is -0.131. The smallest absolute Gasteiger partial charge is 0.244 e. The van der Waals surface area contributed by atoms with Crippen LogP contribution in [0.1, 0.15) is 31.9 Å². The van der Waals surface area contributed by atoms with Gasteiger partial charge < -0.3 is 10.2 Å². The molecule has 0 fully saturated rings. The average Bonchev–Trinajstić information content (AvgIpc) is 2.35. The van der Waals surface area contributed by atoms with E-state index in [-0.39, 0.29) is 11.9 Å². The van der Waals surface area contributed by atoms with Crippen LogP contribution in [0.2, 0.25) is 0 Å². The third kappa shape index (κ3) is 3.49. The van der Waals surface area contributed by atoms with Crippen molar-refractivity contribution >= 4 is 11.6 Å². The number of carbonyl (C=O) groups is 1. The number of benzene rings is 1. The van der Waals surface area contributed by atoms with Gasteiger partial charge in [-0.2, -0.15) is 0 Å². The molecular weight excluding hydrogens is 224 g/mol. The van der Waals surface area contributed by atoms with Crippen LogP contribution < -0.4 is 5.32 Å². The van der Waals surface area contributed by atoms with E-state index in [1.807, 2.05) is 25.7 Å². The summed E-state index contributed by atoms with van der Waals surface area (Å²) in [5, 5.41) is 3.31. The Morgan fingerprint density at radius 2 is 1.89 bits per heavy atom. The number of hydrogen-bond acceptors (Lipinski definition) is 2. The Balaban J connectivity index is 2.77. The summed E-state index contributed by atoms with van der Waals surface area (Å²) < 4.78 is 0. The molecule has 1 atom stereocenters. The molecule has 3 nitrogen and oxygen atoms in total. The van der Waals surface area contributed by atoms with Gasteiger partial charge in [0.25, 0.3) is 0 Å². The lowest BCUT2D eigenvalue weighted by Crippen LogP contribution is -2.41. The molecule has 1 aromatic rings. The molecular formula is C15H24N2O. The molecule has 0 bridgehead atoms. The van der Waals surface area contributed by atoms with Gasteiger partial charge >= 0.3 is 0 Å². The quantitative estimate of drug-likeness (QED) is 0.869. The van der Waals surface area contributed by atoms with Gasteiger partial charge in [0.15, 0.2) is 0 Å². The van der Waals surface area contributed by atoms with Crippen molar-refractivity contribution in [3.05, 3.63) is 29.3 Å². The van der Waals surface area contributed by atoms with Crippen LogP contribution in [0.3, 0.4) is 0 Å². The second kappa shape index (κ2) is 6.43. The van der Waals surface area contributed by atoms with Gasteiger partial charge in [-0.3, -0.25) is 4.79 Å². The molecule has 100 valence electrons. The van der Waals surface area contributed by atoms with Gasteiger partial charge in [0, 0.05) is 18.8 Å². The first-order valence-corrected chi connectivity index (χ1v) is 6.62. The summed E-state index contributed by atoms with van der Waals surface area (Å²) in [6.07, 6.45) is 0. The average molecular weight is 248 g/mol. The Kier molecular flexibility index (Phi) is 5.20. The molecule has 1 unspecified atom stereocenters. The Morgan fingerprint density at radius 3 is 2.44 bits per heavy atom. The summed E-state index contributed by atoms with van der Waals surface area (Å²) in [7, 11) is 0. The predicted octanol–water partition coefficient (Wildman–Crippen LogP) is 2.97. The molecule has 0 aliphatic carbocycles. The van der Waals surface area contributed by atoms with Crippen LogP contribution in [0.4, 0.5) is 5.69 Å². The number of rotatable bonds is 5. The highest BCUT2D eigenvalue weighted by molar-refractivity contribution is 5.84. The van der Waals surface area contributed by atoms with Crippen LogP contribution >= 0.6 is 0 Å². The van der Waals surface area contributed by atoms with E-state index in [4.69, 9.17) is 0 Å². The maximum absolute atomic E-state index is 12.2. The number of aryl methyl sites for hydroxylation is 2. The molecule has 1 aromatic carbocycles. The van der Waals surface area contributed by atoms with Gasteiger partial charge in [-0.05, 0) is 51.8 Å². The van der Waals surface area contributed by atoms with E-state index in [0.29, 0.717) is 0 Å². The Bertz CT molecular complexity index is 411. The van der Waals surface area contributed by atoms with Gasteiger partial charge in [-0.25, -0.2) is 0 Å². The lowest BCUT2D eigenvalue weighted by atomic mass is 10.1. The van der Waals surface area contributed by atoms with Crippen LogP contribution in [0, 0.1) is 13.8 Å². The zero-order chi connectivity index (χ0) is 13.7. The topological polar surface area (TPSA) is 32.3 Å². The minimum atomic E-state index is -0.189. The fourth-order valence-electron chi connectivity index (χ4n) is 2.00. The van der Waals surface area contributed by atoms with E-state index in [9.17, 15) is 4.79 Å². The van der Waals surface area contributed by atoms with Crippen molar-refractivity contribution in [3.8, 4) is 0 Å². The summed E-state index contributed by atoms with van der Waals surface area (Å²) in [5.74, 6) is 0.154. The number of nitrogens with zero attached hydrogens (tertiary/aromatic N) is 1. The van der Waals surface area contributed by atoms with Crippen LogP contribution in [0.15, 0.2) is 18.2 Å². The molecule has 0 aliphatic rings. The van der Waals surface area contributed by atoms with Crippen molar-refractivity contribution in [2.45, 2.75) is 40.7 Å². The fourth-order valence-corrected chi connectivity index (χ4v) is 2.00. The van der Waals surface area contributed by atoms with Gasteiger partial charge in [-0.1, -0.05) is 12.1 Å². The van der Waals surface area contributed by atoms with Crippen LogP contribution in [0.5, 0.6) is 0 Å². The molecule has 0 aromatic heterocycles. The van der Waals surface area contributed by atoms with E-state index in [1.54, 1.807) is 0 Å². The zero-order valence-electron chi connectivity index (χ0n) is 12.1. The number of nitrogens with one attached hydrogen (secondary N) is 1. The minimum absolute atomic E-state index is 0.154. The maximum Gasteiger partial charge on any atom is 0.244 e. The first-order chi connectivity index (χ1) is 8.49. The largest absolute Gasteiger partial charge is 0.374 e. The standard InChI is InChI=1S/C15H24N2O/c1-6-17(7-2)15(18)13(5)16-14-10-11(3)8-9-12(14)4/h8-10,13,16H,6-7H2,1-5H3. The summed E-state index contributed by atoms with van der Waals surface area (Å²) in [5.41, 5.74) is 3.41. The van der Waals surface area contributed by atoms with Crippen molar-refractivity contribution in [1.29, 1.82) is 0 Å². The molecule has 1 N–H and O–H groups in total. The lowest BCUT2D eigenvalue weighted by Gasteiger charge is -2.24. The van der Waals surface area contributed by atoms with Gasteiger partial charge in [0.1, 0.15) is 6.04 Å². The van der Waals surface area contributed by atoms with Crippen LogP contribution in [0.25, 0.3) is 0 Å². The van der Waals surface area contributed by atoms with Crippen molar-refractivity contribution in [2.24, 2.45) is 0 Å². The van der Waals surface area contributed by atoms with Crippen LogP contribution in [-0.4, -0.2) is 29.9 Å². The van der Waals surface area contributed by atoms with Crippen molar-refractivity contribution in [3.63, 3.8) is 0 Å². The molecule has 0 heterocycles. The Hall–Kier alpha value is -1.51. The second-order valence-electron chi connectivity index (χ2n) is 4.69. The molecule has 1 rings (SSSR count). The SMILES string of the molecule is CCN(CC)C(=O)C(C)Nc1cc(C)ccc1C. The number of amides is 1. The monoisotopic (exact) mass is 248 g/mol. The second-order valence-corrected chi connectivity index (χ2v) is 4.69. The van der Waals surface area contributed by atoms with Gasteiger partial charge in [0.05, 0.1) is 0 Å². The molecule has 0 saturated carbocycles. The summed E-state index contributed by atoms with van der Waals surface area (Å²) in [6.45, 7) is 11.6. The first kappa shape index (κ1) is 14.6. The van der Waals surface area contributed by atoms with E-state index in [0.717, 1.165) is 18.8 Å². The Morgan fingerprint density at radius 1 is 1.28 bits per heavy atom. The number of anilines is 1. The van der Waals surface area contributed by atoms with Crippen LogP contribution in [-0.2, 0) is 4.79 Å². The summed E-state index contributed by atoms with van der Waals surface area (Å²) in [6, 6.07) is 6.05. The highest BCUT2D eigenvalue weighted by Crippen LogP contribution is 2.17. The number of hydrogen-bond donors (Lipinski definition) is 1. The highest BCUT2D eigenvalue weighted by atomic mass is 16.2. The van der Waals surface area contributed by atoms with Crippen molar-refractivity contribution < 1.29 is 4.79 Å². The molecule has 0 radical (unpaired) electrons. The molecule has 0 spiro atoms. The van der Waals surface area contributed by atoms with E-state index < -0.39 is 0 Å². The Labute approximate surface area is 110 Å².